The minimum Gasteiger partial charge on any atom is -0.479 e. The maximum atomic E-state index is 11.6. The maximum Gasteiger partial charge on any atom is 0.335 e. The van der Waals surface area contributed by atoms with Crippen LogP contribution in [0.1, 0.15) is 125 Å². The Morgan fingerprint density at radius 3 is 2.52 bits per heavy atom. The molecule has 0 aliphatic carbocycles. The van der Waals surface area contributed by atoms with Crippen molar-refractivity contribution in [2.75, 3.05) is 6.61 Å². The standard InChI is InChI=1S/C45H70O13/c1-25-21-35(56-45(23-25)36(47)13-12-32(55-45)24-42(7,51)41(49)50)26(2)10-11-31-15-17-43(54-31)18-16-34-40(57-43)37(48)30(6)39(53-34)33(46)22-28(4)38-27(3)14-19-44(58-38)29(5)9-8-20-52-44/h10-11,23,26-29,31-40,46-48,51H,6,8-9,12-22,24H2,1-5,7H3,(H,49,50)/b11-10+/t26-,27-,28+,29-,31+,32+,33+,34-,35+,36-,37-,38+,39+,40-,42?,43-,44-,45-/m1/s1. The highest BCUT2D eigenvalue weighted by atomic mass is 16.7. The quantitative estimate of drug-likeness (QED) is 0.176. The van der Waals surface area contributed by atoms with Crippen LogP contribution in [0, 0.1) is 23.7 Å². The first-order chi connectivity index (χ1) is 27.3. The molecule has 6 saturated heterocycles. The monoisotopic (exact) mass is 818 g/mol. The van der Waals surface area contributed by atoms with E-state index in [-0.39, 0.29) is 36.6 Å². The van der Waals surface area contributed by atoms with Gasteiger partial charge in [0.05, 0.1) is 43.2 Å². The summed E-state index contributed by atoms with van der Waals surface area (Å²) in [5.41, 5.74) is -0.554. The van der Waals surface area contributed by atoms with E-state index >= 15 is 0 Å². The van der Waals surface area contributed by atoms with Crippen LogP contribution in [0.3, 0.4) is 0 Å². The summed E-state index contributed by atoms with van der Waals surface area (Å²) in [7, 11) is 0. The van der Waals surface area contributed by atoms with Crippen molar-refractivity contribution in [3.63, 3.8) is 0 Å². The van der Waals surface area contributed by atoms with Crippen molar-refractivity contribution in [2.24, 2.45) is 23.7 Å². The molecule has 6 fully saturated rings. The molecule has 0 bridgehead atoms. The molecule has 7 aliphatic rings. The topological polar surface area (TPSA) is 183 Å². The highest BCUT2D eigenvalue weighted by molar-refractivity contribution is 5.76. The van der Waals surface area contributed by atoms with Crippen LogP contribution in [0.25, 0.3) is 0 Å². The zero-order chi connectivity index (χ0) is 41.8. The number of carboxylic acids is 1. The molecule has 1 unspecified atom stereocenters. The summed E-state index contributed by atoms with van der Waals surface area (Å²) in [4.78, 5) is 11.6. The number of hydrogen-bond donors (Lipinski definition) is 5. The fraction of sp³-hybridized carbons (Fsp3) is 0.844. The lowest BCUT2D eigenvalue weighted by molar-refractivity contribution is -0.334. The molecule has 5 N–H and O–H groups in total. The zero-order valence-electron chi connectivity index (χ0n) is 35.4. The molecular formula is C45H70O13. The normalized spacial score (nSPS) is 46.1. The highest BCUT2D eigenvalue weighted by Crippen LogP contribution is 2.48. The van der Waals surface area contributed by atoms with Crippen molar-refractivity contribution in [3.05, 3.63) is 36.0 Å². The first kappa shape index (κ1) is 44.3. The molecule has 58 heavy (non-hydrogen) atoms. The Morgan fingerprint density at radius 2 is 1.78 bits per heavy atom. The third-order valence-electron chi connectivity index (χ3n) is 14.5. The van der Waals surface area contributed by atoms with Crippen molar-refractivity contribution in [2.45, 2.75) is 209 Å². The van der Waals surface area contributed by atoms with E-state index in [4.69, 9.17) is 33.2 Å². The van der Waals surface area contributed by atoms with Gasteiger partial charge in [-0.05, 0) is 95.1 Å². The Balaban J connectivity index is 0.922. The molecule has 13 nitrogen and oxygen atoms in total. The molecule has 0 radical (unpaired) electrons. The van der Waals surface area contributed by atoms with Crippen LogP contribution in [0.4, 0.5) is 0 Å². The maximum absolute atomic E-state index is 11.6. The number of aliphatic carboxylic acids is 1. The van der Waals surface area contributed by atoms with E-state index in [0.717, 1.165) is 44.3 Å². The Hall–Kier alpha value is -1.75. The molecule has 7 heterocycles. The van der Waals surface area contributed by atoms with E-state index in [2.05, 4.69) is 33.4 Å². The van der Waals surface area contributed by atoms with Crippen LogP contribution in [0.5, 0.6) is 0 Å². The van der Waals surface area contributed by atoms with Gasteiger partial charge in [-0.15, -0.1) is 0 Å². The van der Waals surface area contributed by atoms with Gasteiger partial charge < -0.3 is 58.7 Å². The molecule has 0 amide bonds. The Kier molecular flexibility index (Phi) is 13.1. The van der Waals surface area contributed by atoms with Crippen LogP contribution in [-0.4, -0.2) is 122 Å². The first-order valence-corrected chi connectivity index (χ1v) is 22.1. The molecule has 0 aromatic rings. The molecule has 7 rings (SSSR count). The Bertz CT molecular complexity index is 1550. The lowest BCUT2D eigenvalue weighted by Crippen LogP contribution is -2.60. The van der Waals surface area contributed by atoms with Crippen LogP contribution in [-0.2, 0) is 38.0 Å². The number of aliphatic hydroxyl groups is 4. The molecule has 0 saturated carbocycles. The summed E-state index contributed by atoms with van der Waals surface area (Å²) >= 11 is 0. The van der Waals surface area contributed by atoms with Gasteiger partial charge in [-0.1, -0.05) is 52.0 Å². The van der Waals surface area contributed by atoms with Crippen LogP contribution in [0.15, 0.2) is 36.0 Å². The van der Waals surface area contributed by atoms with Gasteiger partial charge in [-0.2, -0.15) is 0 Å². The van der Waals surface area contributed by atoms with Gasteiger partial charge in [0.2, 0.25) is 5.79 Å². The predicted octanol–water partition coefficient (Wildman–Crippen LogP) is 5.46. The van der Waals surface area contributed by atoms with Gasteiger partial charge in [0.15, 0.2) is 17.2 Å². The molecule has 18 atom stereocenters. The van der Waals surface area contributed by atoms with Crippen LogP contribution in [0.2, 0.25) is 0 Å². The van der Waals surface area contributed by atoms with Gasteiger partial charge >= 0.3 is 5.97 Å². The molecule has 3 spiro atoms. The predicted molar refractivity (Wildman–Crippen MR) is 212 cm³/mol. The van der Waals surface area contributed by atoms with Gasteiger partial charge in [0, 0.05) is 37.5 Å². The number of fused-ring (bicyclic) bond motifs is 1. The summed E-state index contributed by atoms with van der Waals surface area (Å²) in [5, 5.41) is 54.1. The van der Waals surface area contributed by atoms with E-state index in [1.807, 2.05) is 19.9 Å². The number of hydrogen-bond acceptors (Lipinski definition) is 12. The highest BCUT2D eigenvalue weighted by Gasteiger charge is 2.55. The number of rotatable bonds is 10. The zero-order valence-corrected chi connectivity index (χ0v) is 35.4. The SMILES string of the molecule is C=C1[C@@H](O)[C@@H]2O[C@]3(CC[C@H](/C=C/[C@@H](C)[C@@H]4CC(C)=C[C@@]5(O[C@H](CC(C)(O)C(=O)O)CC[C@H]5O)O4)O3)CC[C@H]2O[C@@H]1[C@@H](O)C[C@H](C)[C@H]1O[C@@]2(CC[C@H]1C)OCCC[C@H]2C. The van der Waals surface area contributed by atoms with Gasteiger partial charge in [-0.3, -0.25) is 0 Å². The van der Waals surface area contributed by atoms with E-state index in [9.17, 15) is 30.3 Å². The van der Waals surface area contributed by atoms with E-state index in [1.54, 1.807) is 6.08 Å². The fourth-order valence-electron chi connectivity index (χ4n) is 10.9. The molecular weight excluding hydrogens is 748 g/mol. The van der Waals surface area contributed by atoms with Gasteiger partial charge in [0.1, 0.15) is 24.4 Å². The second-order valence-electron chi connectivity index (χ2n) is 19.4. The summed E-state index contributed by atoms with van der Waals surface area (Å²) in [6.45, 7) is 16.7. The van der Waals surface area contributed by atoms with E-state index in [0.29, 0.717) is 62.4 Å². The third kappa shape index (κ3) is 8.93. The summed E-state index contributed by atoms with van der Waals surface area (Å²) in [6.07, 6.45) is 8.36. The third-order valence-corrected chi connectivity index (χ3v) is 14.5. The average Bonchev–Trinajstić information content (AvgIpc) is 3.57. The van der Waals surface area contributed by atoms with Crippen LogP contribution < -0.4 is 0 Å². The van der Waals surface area contributed by atoms with Gasteiger partial charge in [0.25, 0.3) is 0 Å². The second-order valence-corrected chi connectivity index (χ2v) is 19.4. The number of ether oxygens (including phenoxy) is 7. The van der Waals surface area contributed by atoms with Crippen LogP contribution >= 0.6 is 0 Å². The lowest BCUT2D eigenvalue weighted by Gasteiger charge is -2.51. The number of carboxylic acid groups (broad SMARTS) is 1. The van der Waals surface area contributed by atoms with Gasteiger partial charge in [-0.25, -0.2) is 4.79 Å². The molecule has 7 aliphatic heterocycles. The molecule has 13 heteroatoms. The van der Waals surface area contributed by atoms with Crippen molar-refractivity contribution in [1.82, 2.24) is 0 Å². The largest absolute Gasteiger partial charge is 0.479 e. The van der Waals surface area contributed by atoms with E-state index < -0.39 is 71.7 Å². The first-order valence-electron chi connectivity index (χ1n) is 22.1. The summed E-state index contributed by atoms with van der Waals surface area (Å²) < 4.78 is 45.5. The van der Waals surface area contributed by atoms with E-state index in [1.165, 1.54) is 6.92 Å². The summed E-state index contributed by atoms with van der Waals surface area (Å²) in [5.74, 6) is -3.56. The fourth-order valence-corrected chi connectivity index (χ4v) is 10.9. The average molecular weight is 819 g/mol. The molecule has 0 aromatic heterocycles. The van der Waals surface area contributed by atoms with Crippen molar-refractivity contribution >= 4 is 5.97 Å². The number of aliphatic hydroxyl groups excluding tert-OH is 3. The van der Waals surface area contributed by atoms with Crippen molar-refractivity contribution < 1.29 is 63.5 Å². The molecule has 328 valence electrons. The molecule has 0 aromatic carbocycles. The van der Waals surface area contributed by atoms with Crippen molar-refractivity contribution in [3.8, 4) is 0 Å². The Morgan fingerprint density at radius 1 is 1.02 bits per heavy atom. The smallest absolute Gasteiger partial charge is 0.335 e. The van der Waals surface area contributed by atoms with Crippen molar-refractivity contribution in [1.29, 1.82) is 0 Å². The minimum atomic E-state index is -1.96. The second kappa shape index (κ2) is 17.2. The number of carbonyl (C=O) groups is 1. The summed E-state index contributed by atoms with van der Waals surface area (Å²) in [6, 6.07) is 0. The Labute approximate surface area is 344 Å². The lowest BCUT2D eigenvalue weighted by atomic mass is 9.78. The minimum absolute atomic E-state index is 0.0385.